The third-order valence-corrected chi connectivity index (χ3v) is 4.70. The van der Waals surface area contributed by atoms with Crippen molar-refractivity contribution in [3.8, 4) is 0 Å². The Kier molecular flexibility index (Phi) is 2.19. The van der Waals surface area contributed by atoms with Gasteiger partial charge in [0.1, 0.15) is 0 Å². The topological polar surface area (TPSA) is 0 Å². The summed E-state index contributed by atoms with van der Waals surface area (Å²) in [6, 6.07) is 4.92. The maximum absolute atomic E-state index is 2.46. The predicted octanol–water partition coefficient (Wildman–Crippen LogP) is 3.44. The monoisotopic (exact) mass is 204 g/mol. The molecule has 0 amide bonds. The normalized spacial score (nSPS) is 25.3. The molecule has 16 heavy (non-hydrogen) atoms. The molecular formula is C15H17Li. The van der Waals surface area contributed by atoms with Gasteiger partial charge in [-0.05, 0) is 0 Å². The average molecular weight is 204 g/mol. The van der Waals surface area contributed by atoms with Gasteiger partial charge in [-0.2, -0.15) is 0 Å². The van der Waals surface area contributed by atoms with Crippen LogP contribution in [0.3, 0.4) is 0 Å². The van der Waals surface area contributed by atoms with Gasteiger partial charge in [0.2, 0.25) is 0 Å². The summed E-state index contributed by atoms with van der Waals surface area (Å²) in [6.45, 7) is 7.03. The van der Waals surface area contributed by atoms with E-state index in [1.807, 2.05) is 0 Å². The van der Waals surface area contributed by atoms with Crippen LogP contribution in [0.5, 0.6) is 0 Å². The molecule has 1 heteroatoms. The number of fused-ring (bicyclic) bond motifs is 2. The molecule has 0 spiro atoms. The Morgan fingerprint density at radius 3 is 2.75 bits per heavy atom. The summed E-state index contributed by atoms with van der Waals surface area (Å²) in [5.41, 5.74) is 8.14. The third kappa shape index (κ3) is 1.37. The van der Waals surface area contributed by atoms with Crippen LogP contribution in [0.25, 0.3) is 5.57 Å². The second kappa shape index (κ2) is 3.28. The molecule has 0 radical (unpaired) electrons. The van der Waals surface area contributed by atoms with Crippen LogP contribution in [0.15, 0.2) is 18.2 Å². The van der Waals surface area contributed by atoms with Crippen LogP contribution < -0.4 is 0 Å². The van der Waals surface area contributed by atoms with Crippen molar-refractivity contribution in [3.63, 3.8) is 0 Å². The quantitative estimate of drug-likeness (QED) is 0.568. The fraction of sp³-hybridized carbons (Fsp3) is 0.467. The van der Waals surface area contributed by atoms with Crippen LogP contribution >= 0.6 is 0 Å². The van der Waals surface area contributed by atoms with Crippen molar-refractivity contribution in [2.45, 2.75) is 38.2 Å². The fourth-order valence-corrected chi connectivity index (χ4v) is 3.24. The van der Waals surface area contributed by atoms with Crippen LogP contribution in [-0.4, -0.2) is 17.7 Å². The summed E-state index contributed by atoms with van der Waals surface area (Å²) in [4.78, 5) is 0. The number of hydrogen-bond donors (Lipinski definition) is 0. The van der Waals surface area contributed by atoms with E-state index in [-0.39, 0.29) is 0 Å². The molecule has 2 aliphatic carbocycles. The molecule has 0 fully saturated rings. The standard InChI is InChI=1S/C15H17.Li/c1-10-4-5-11-6-12-8-15(2,3)9-13(12)7-14(10)11;/h4,6-7,9H,5,8H2,1-3H3;. The van der Waals surface area contributed by atoms with E-state index in [0.717, 1.165) is 6.42 Å². The summed E-state index contributed by atoms with van der Waals surface area (Å²) >= 11 is 2.38. The zero-order valence-electron chi connectivity index (χ0n) is 10.7. The molecule has 0 bridgehead atoms. The molecule has 0 saturated heterocycles. The van der Waals surface area contributed by atoms with Crippen molar-refractivity contribution >= 4 is 23.3 Å². The summed E-state index contributed by atoms with van der Waals surface area (Å²) in [7, 11) is 0. The molecule has 0 aromatic heterocycles. The molecule has 0 heterocycles. The molecule has 0 aliphatic heterocycles. The van der Waals surface area contributed by atoms with Gasteiger partial charge in [-0.25, -0.2) is 0 Å². The average Bonchev–Trinajstić information content (AvgIpc) is 2.66. The molecule has 78 valence electrons. The van der Waals surface area contributed by atoms with E-state index in [0.29, 0.717) is 10.0 Å². The minimum atomic E-state index is 0.440. The Morgan fingerprint density at radius 1 is 1.25 bits per heavy atom. The molecule has 1 atom stereocenters. The molecule has 2 aliphatic rings. The Morgan fingerprint density at radius 2 is 2.00 bits per heavy atom. The van der Waals surface area contributed by atoms with Crippen molar-refractivity contribution < 1.29 is 0 Å². The van der Waals surface area contributed by atoms with Crippen molar-refractivity contribution in [2.75, 3.05) is 0 Å². The van der Waals surface area contributed by atoms with Crippen molar-refractivity contribution in [1.82, 2.24) is 0 Å². The Hall–Kier alpha value is -0.443. The van der Waals surface area contributed by atoms with E-state index in [1.165, 1.54) is 17.6 Å². The number of allylic oxidation sites excluding steroid dienone is 2. The molecule has 1 unspecified atom stereocenters. The van der Waals surface area contributed by atoms with Crippen molar-refractivity contribution in [3.05, 3.63) is 40.5 Å². The first kappa shape index (κ1) is 10.7. The Bertz CT molecular complexity index is 494. The van der Waals surface area contributed by atoms with E-state index in [2.05, 4.69) is 56.7 Å². The second-order valence-corrected chi connectivity index (χ2v) is 6.19. The van der Waals surface area contributed by atoms with Gasteiger partial charge in [0, 0.05) is 0 Å². The first-order valence-corrected chi connectivity index (χ1v) is 6.32. The molecule has 0 N–H and O–H groups in total. The molecule has 1 aromatic rings. The summed E-state index contributed by atoms with van der Waals surface area (Å²) in [5.74, 6) is 0. The van der Waals surface area contributed by atoms with E-state index < -0.39 is 0 Å². The van der Waals surface area contributed by atoms with Crippen molar-refractivity contribution in [1.29, 1.82) is 0 Å². The first-order chi connectivity index (χ1) is 7.49. The van der Waals surface area contributed by atoms with Crippen LogP contribution in [0.4, 0.5) is 0 Å². The van der Waals surface area contributed by atoms with E-state index in [9.17, 15) is 0 Å². The predicted molar refractivity (Wildman–Crippen MR) is 69.8 cm³/mol. The second-order valence-electron chi connectivity index (χ2n) is 6.19. The Balaban J connectivity index is 2.16. The van der Waals surface area contributed by atoms with E-state index in [4.69, 9.17) is 0 Å². The fourth-order valence-electron chi connectivity index (χ4n) is 3.24. The summed E-state index contributed by atoms with van der Waals surface area (Å²) in [5, 5.41) is 0. The zero-order chi connectivity index (χ0) is 11.5. The van der Waals surface area contributed by atoms with Gasteiger partial charge < -0.3 is 0 Å². The van der Waals surface area contributed by atoms with Gasteiger partial charge in [0.05, 0.1) is 0 Å². The Labute approximate surface area is 107 Å². The minimum absolute atomic E-state index is 0.440. The van der Waals surface area contributed by atoms with E-state index >= 15 is 0 Å². The van der Waals surface area contributed by atoms with Gasteiger partial charge in [0.15, 0.2) is 0 Å². The van der Waals surface area contributed by atoms with Crippen molar-refractivity contribution in [2.24, 2.45) is 5.41 Å². The van der Waals surface area contributed by atoms with Gasteiger partial charge >= 0.3 is 107 Å². The van der Waals surface area contributed by atoms with Crippen LogP contribution in [-0.2, 0) is 12.8 Å². The van der Waals surface area contributed by atoms with Gasteiger partial charge in [-0.15, -0.1) is 0 Å². The van der Waals surface area contributed by atoms with Crippen LogP contribution in [0.2, 0.25) is 0 Å². The van der Waals surface area contributed by atoms with Crippen LogP contribution in [0, 0.1) is 5.41 Å². The molecule has 0 saturated carbocycles. The summed E-state index contributed by atoms with van der Waals surface area (Å²) < 4.78 is 0.696. The van der Waals surface area contributed by atoms with Gasteiger partial charge in [-0.3, -0.25) is 0 Å². The zero-order valence-corrected chi connectivity index (χ0v) is 10.7. The number of hydrogen-bond acceptors (Lipinski definition) is 0. The third-order valence-electron chi connectivity index (χ3n) is 4.70. The first-order valence-electron chi connectivity index (χ1n) is 6.32. The molecule has 0 nitrogen and oxygen atoms in total. The molecule has 3 rings (SSSR count). The van der Waals surface area contributed by atoms with E-state index in [1.54, 1.807) is 16.7 Å². The summed E-state index contributed by atoms with van der Waals surface area (Å²) in [6.07, 6.45) is 4.74. The number of rotatable bonds is 0. The van der Waals surface area contributed by atoms with Gasteiger partial charge in [0.25, 0.3) is 0 Å². The van der Waals surface area contributed by atoms with Crippen LogP contribution in [0.1, 0.15) is 47.6 Å². The number of benzene rings is 1. The maximum atomic E-state index is 2.46. The SMILES string of the molecule is [Li][CH]1c2cc3c(cc2CC1(C)C)CC=C3C. The molecular weight excluding hydrogens is 187 g/mol. The molecule has 1 aromatic carbocycles. The van der Waals surface area contributed by atoms with Gasteiger partial charge in [-0.1, -0.05) is 0 Å².